The number of nitrogens with one attached hydrogen (secondary N) is 1. The molecule has 0 amide bonds. The molecular weight excluding hydrogens is 317 g/mol. The zero-order valence-electron chi connectivity index (χ0n) is 11.1. The van der Waals surface area contributed by atoms with Crippen LogP contribution in [0, 0.1) is 12.7 Å². The van der Waals surface area contributed by atoms with Crippen LogP contribution in [0.25, 0.3) is 0 Å². The first-order valence-corrected chi connectivity index (χ1v) is 7.88. The summed E-state index contributed by atoms with van der Waals surface area (Å²) >= 11 is 5.98. The van der Waals surface area contributed by atoms with Gasteiger partial charge in [-0.2, -0.15) is 0 Å². The lowest BCUT2D eigenvalue weighted by Gasteiger charge is -2.12. The number of halogens is 2. The van der Waals surface area contributed by atoms with Crippen molar-refractivity contribution in [2.75, 3.05) is 4.72 Å². The Kier molecular flexibility index (Phi) is 4.51. The normalized spacial score (nSPS) is 11.4. The molecule has 0 bridgehead atoms. The van der Waals surface area contributed by atoms with Gasteiger partial charge in [-0.3, -0.25) is 4.72 Å². The Bertz CT molecular complexity index is 778. The highest BCUT2D eigenvalue weighted by Crippen LogP contribution is 2.27. The third-order valence-electron chi connectivity index (χ3n) is 2.86. The molecule has 0 saturated heterocycles. The van der Waals surface area contributed by atoms with Crippen molar-refractivity contribution in [1.29, 1.82) is 0 Å². The minimum absolute atomic E-state index is 0.104. The number of rotatable bonds is 4. The summed E-state index contributed by atoms with van der Waals surface area (Å²) in [6, 6.07) is 7.99. The van der Waals surface area contributed by atoms with Gasteiger partial charge in [0.15, 0.2) is 0 Å². The molecule has 0 aliphatic rings. The summed E-state index contributed by atoms with van der Waals surface area (Å²) in [5.41, 5.74) is 1.17. The Hall–Kier alpha value is -1.63. The Labute approximate surface area is 127 Å². The second-order valence-electron chi connectivity index (χ2n) is 4.50. The molecule has 0 unspecified atom stereocenters. The van der Waals surface area contributed by atoms with Crippen molar-refractivity contribution < 1.29 is 17.9 Å². The second-order valence-corrected chi connectivity index (χ2v) is 6.56. The summed E-state index contributed by atoms with van der Waals surface area (Å²) in [6.45, 7) is 1.30. The summed E-state index contributed by atoms with van der Waals surface area (Å²) in [5.74, 6) is -0.706. The first kappa shape index (κ1) is 15.8. The molecule has 0 aromatic heterocycles. The van der Waals surface area contributed by atoms with Gasteiger partial charge >= 0.3 is 0 Å². The Morgan fingerprint density at radius 2 is 1.95 bits per heavy atom. The predicted molar refractivity (Wildman–Crippen MR) is 79.3 cm³/mol. The average Bonchev–Trinajstić information content (AvgIpc) is 2.42. The van der Waals surface area contributed by atoms with Crippen LogP contribution in [0.5, 0.6) is 0 Å². The number of aliphatic hydroxyl groups excluding tert-OH is 1. The molecule has 0 fully saturated rings. The van der Waals surface area contributed by atoms with Crippen LogP contribution in [-0.4, -0.2) is 13.5 Å². The van der Waals surface area contributed by atoms with E-state index in [1.807, 2.05) is 6.92 Å². The van der Waals surface area contributed by atoms with E-state index in [9.17, 15) is 17.9 Å². The van der Waals surface area contributed by atoms with Crippen molar-refractivity contribution in [1.82, 2.24) is 0 Å². The van der Waals surface area contributed by atoms with Gasteiger partial charge in [0.25, 0.3) is 10.0 Å². The van der Waals surface area contributed by atoms with Crippen LogP contribution in [0.1, 0.15) is 11.1 Å². The van der Waals surface area contributed by atoms with Gasteiger partial charge in [0, 0.05) is 0 Å². The molecule has 2 rings (SSSR count). The van der Waals surface area contributed by atoms with Crippen molar-refractivity contribution in [3.05, 3.63) is 58.4 Å². The maximum atomic E-state index is 13.3. The molecule has 0 heterocycles. The van der Waals surface area contributed by atoms with E-state index in [0.717, 1.165) is 17.7 Å². The molecule has 0 spiro atoms. The van der Waals surface area contributed by atoms with E-state index in [4.69, 9.17) is 11.6 Å². The van der Waals surface area contributed by atoms with Crippen molar-refractivity contribution in [2.24, 2.45) is 0 Å². The van der Waals surface area contributed by atoms with Crippen molar-refractivity contribution in [2.45, 2.75) is 18.4 Å². The third-order valence-corrected chi connectivity index (χ3v) is 4.62. The highest BCUT2D eigenvalue weighted by molar-refractivity contribution is 7.92. The minimum atomic E-state index is -4.05. The quantitative estimate of drug-likeness (QED) is 0.906. The highest BCUT2D eigenvalue weighted by atomic mass is 35.5. The van der Waals surface area contributed by atoms with Crippen LogP contribution in [0.15, 0.2) is 41.3 Å². The molecule has 0 saturated carbocycles. The van der Waals surface area contributed by atoms with Crippen LogP contribution in [-0.2, 0) is 16.6 Å². The summed E-state index contributed by atoms with van der Waals surface area (Å²) in [7, 11) is -4.05. The fourth-order valence-electron chi connectivity index (χ4n) is 1.81. The summed E-state index contributed by atoms with van der Waals surface area (Å²) < 4.78 is 40.2. The van der Waals surface area contributed by atoms with Gasteiger partial charge in [0.1, 0.15) is 5.82 Å². The van der Waals surface area contributed by atoms with Crippen LogP contribution >= 0.6 is 11.6 Å². The van der Waals surface area contributed by atoms with Gasteiger partial charge in [0.05, 0.1) is 22.2 Å². The standard InChI is InChI=1S/C14H13ClFNO3S/c1-9-2-5-13(12(15)6-9)17-21(19,20)14-7-11(16)4-3-10(14)8-18/h2-7,17-18H,8H2,1H3. The van der Waals surface area contributed by atoms with Gasteiger partial charge in [-0.1, -0.05) is 23.7 Å². The largest absolute Gasteiger partial charge is 0.392 e. The summed E-state index contributed by atoms with van der Waals surface area (Å²) in [6.07, 6.45) is 0. The second kappa shape index (κ2) is 6.01. The first-order valence-electron chi connectivity index (χ1n) is 6.02. The summed E-state index contributed by atoms with van der Waals surface area (Å²) in [5, 5.41) is 9.43. The smallest absolute Gasteiger partial charge is 0.262 e. The number of anilines is 1. The Morgan fingerprint density at radius 3 is 2.57 bits per heavy atom. The molecular formula is C14H13ClFNO3S. The molecule has 4 nitrogen and oxygen atoms in total. The average molecular weight is 330 g/mol. The molecule has 2 aromatic rings. The monoisotopic (exact) mass is 329 g/mol. The maximum Gasteiger partial charge on any atom is 0.262 e. The zero-order valence-corrected chi connectivity index (χ0v) is 12.7. The Morgan fingerprint density at radius 1 is 1.24 bits per heavy atom. The van der Waals surface area contributed by atoms with E-state index >= 15 is 0 Å². The van der Waals surface area contributed by atoms with E-state index in [2.05, 4.69) is 4.72 Å². The third kappa shape index (κ3) is 3.53. The lowest BCUT2D eigenvalue weighted by atomic mass is 10.2. The molecule has 0 atom stereocenters. The van der Waals surface area contributed by atoms with Crippen LogP contribution in [0.4, 0.5) is 10.1 Å². The molecule has 0 aliphatic heterocycles. The first-order chi connectivity index (χ1) is 9.83. The van der Waals surface area contributed by atoms with Crippen LogP contribution < -0.4 is 4.72 Å². The van der Waals surface area contributed by atoms with Gasteiger partial charge < -0.3 is 5.11 Å². The molecule has 2 N–H and O–H groups in total. The lowest BCUT2D eigenvalue weighted by Crippen LogP contribution is -2.15. The van der Waals surface area contributed by atoms with E-state index in [0.29, 0.717) is 0 Å². The minimum Gasteiger partial charge on any atom is -0.392 e. The Balaban J connectivity index is 2.45. The molecule has 2 aromatic carbocycles. The van der Waals surface area contributed by atoms with Crippen LogP contribution in [0.3, 0.4) is 0 Å². The molecule has 0 radical (unpaired) electrons. The fraction of sp³-hybridized carbons (Fsp3) is 0.143. The zero-order chi connectivity index (χ0) is 15.6. The van der Waals surface area contributed by atoms with Gasteiger partial charge in [-0.25, -0.2) is 12.8 Å². The highest BCUT2D eigenvalue weighted by Gasteiger charge is 2.20. The predicted octanol–water partition coefficient (Wildman–Crippen LogP) is 3.08. The van der Waals surface area contributed by atoms with Crippen molar-refractivity contribution in [3.8, 4) is 0 Å². The summed E-state index contributed by atoms with van der Waals surface area (Å²) in [4.78, 5) is -0.318. The molecule has 21 heavy (non-hydrogen) atoms. The molecule has 7 heteroatoms. The van der Waals surface area contributed by atoms with Crippen molar-refractivity contribution >= 4 is 27.3 Å². The number of aryl methyl sites for hydroxylation is 1. The van der Waals surface area contributed by atoms with Gasteiger partial charge in [-0.05, 0) is 42.3 Å². The SMILES string of the molecule is Cc1ccc(NS(=O)(=O)c2cc(F)ccc2CO)c(Cl)c1. The number of aliphatic hydroxyl groups is 1. The van der Waals surface area contributed by atoms with Gasteiger partial charge in [-0.15, -0.1) is 0 Å². The fourth-order valence-corrected chi connectivity index (χ4v) is 3.47. The van der Waals surface area contributed by atoms with Crippen molar-refractivity contribution in [3.63, 3.8) is 0 Å². The number of sulfonamides is 1. The van der Waals surface area contributed by atoms with E-state index in [-0.39, 0.29) is 21.2 Å². The number of hydrogen-bond acceptors (Lipinski definition) is 3. The molecule has 0 aliphatic carbocycles. The lowest BCUT2D eigenvalue weighted by molar-refractivity contribution is 0.278. The number of hydrogen-bond donors (Lipinski definition) is 2. The number of benzene rings is 2. The molecule has 112 valence electrons. The van der Waals surface area contributed by atoms with E-state index < -0.39 is 22.4 Å². The van der Waals surface area contributed by atoms with Gasteiger partial charge in [0.2, 0.25) is 0 Å². The van der Waals surface area contributed by atoms with E-state index in [1.165, 1.54) is 12.1 Å². The van der Waals surface area contributed by atoms with E-state index in [1.54, 1.807) is 12.1 Å². The topological polar surface area (TPSA) is 66.4 Å². The van der Waals surface area contributed by atoms with Crippen LogP contribution in [0.2, 0.25) is 5.02 Å². The maximum absolute atomic E-state index is 13.3.